The fourth-order valence-electron chi connectivity index (χ4n) is 1.91. The standard InChI is InChI=1S/C14H9BrN2O/c15-11-6-7-13-16-14(18)8-12(17(13)9-11)10-4-2-1-3-5-10/h1-9H. The summed E-state index contributed by atoms with van der Waals surface area (Å²) in [5.41, 5.74) is 2.25. The lowest BCUT2D eigenvalue weighted by molar-refractivity contribution is 1.07. The minimum Gasteiger partial charge on any atom is -0.300 e. The summed E-state index contributed by atoms with van der Waals surface area (Å²) in [6.45, 7) is 0. The summed E-state index contributed by atoms with van der Waals surface area (Å²) in [5, 5.41) is 0. The van der Waals surface area contributed by atoms with Gasteiger partial charge >= 0.3 is 0 Å². The number of fused-ring (bicyclic) bond motifs is 1. The van der Waals surface area contributed by atoms with Gasteiger partial charge in [0, 0.05) is 16.7 Å². The van der Waals surface area contributed by atoms with Crippen LogP contribution < -0.4 is 5.56 Å². The first kappa shape index (κ1) is 11.2. The zero-order valence-corrected chi connectivity index (χ0v) is 11.0. The van der Waals surface area contributed by atoms with E-state index in [1.807, 2.05) is 53.1 Å². The van der Waals surface area contributed by atoms with Gasteiger partial charge in [0.2, 0.25) is 0 Å². The van der Waals surface area contributed by atoms with E-state index >= 15 is 0 Å². The van der Waals surface area contributed by atoms with Crippen LogP contribution in [0.5, 0.6) is 0 Å². The maximum atomic E-state index is 11.6. The predicted molar refractivity (Wildman–Crippen MR) is 74.6 cm³/mol. The van der Waals surface area contributed by atoms with Crippen LogP contribution in [0.1, 0.15) is 0 Å². The number of hydrogen-bond donors (Lipinski definition) is 0. The number of aromatic nitrogens is 2. The fraction of sp³-hybridized carbons (Fsp3) is 0. The maximum Gasteiger partial charge on any atom is 0.273 e. The normalized spacial score (nSPS) is 10.7. The van der Waals surface area contributed by atoms with Gasteiger partial charge in [0.05, 0.1) is 5.69 Å². The van der Waals surface area contributed by atoms with Crippen LogP contribution in [0.2, 0.25) is 0 Å². The Labute approximate surface area is 112 Å². The Morgan fingerprint density at radius 2 is 1.83 bits per heavy atom. The van der Waals surface area contributed by atoms with Crippen LogP contribution in [0, 0.1) is 0 Å². The topological polar surface area (TPSA) is 34.4 Å². The summed E-state index contributed by atoms with van der Waals surface area (Å²) in [6, 6.07) is 15.0. The molecule has 0 aliphatic carbocycles. The van der Waals surface area contributed by atoms with Crippen LogP contribution in [0.4, 0.5) is 0 Å². The van der Waals surface area contributed by atoms with Crippen LogP contribution in [0.3, 0.4) is 0 Å². The highest BCUT2D eigenvalue weighted by molar-refractivity contribution is 9.10. The van der Waals surface area contributed by atoms with Gasteiger partial charge in [0.15, 0.2) is 0 Å². The molecular weight excluding hydrogens is 292 g/mol. The third kappa shape index (κ3) is 1.95. The van der Waals surface area contributed by atoms with Gasteiger partial charge in [-0.1, -0.05) is 30.3 Å². The third-order valence-electron chi connectivity index (χ3n) is 2.70. The quantitative estimate of drug-likeness (QED) is 0.692. The largest absolute Gasteiger partial charge is 0.300 e. The molecule has 3 rings (SSSR count). The highest BCUT2D eigenvalue weighted by Crippen LogP contribution is 2.20. The van der Waals surface area contributed by atoms with Gasteiger partial charge in [-0.3, -0.25) is 9.20 Å². The van der Waals surface area contributed by atoms with Crippen LogP contribution in [-0.4, -0.2) is 9.38 Å². The van der Waals surface area contributed by atoms with E-state index in [0.29, 0.717) is 5.65 Å². The molecule has 0 bridgehead atoms. The summed E-state index contributed by atoms with van der Waals surface area (Å²) >= 11 is 3.43. The Morgan fingerprint density at radius 1 is 1.06 bits per heavy atom. The minimum atomic E-state index is -0.226. The molecule has 2 heterocycles. The summed E-state index contributed by atoms with van der Waals surface area (Å²) in [6.07, 6.45) is 1.91. The van der Waals surface area contributed by atoms with E-state index in [1.165, 1.54) is 0 Å². The van der Waals surface area contributed by atoms with E-state index in [4.69, 9.17) is 0 Å². The highest BCUT2D eigenvalue weighted by atomic mass is 79.9. The molecule has 0 unspecified atom stereocenters. The van der Waals surface area contributed by atoms with Crippen molar-refractivity contribution in [2.75, 3.05) is 0 Å². The van der Waals surface area contributed by atoms with Crippen molar-refractivity contribution in [2.24, 2.45) is 0 Å². The number of benzene rings is 1. The third-order valence-corrected chi connectivity index (χ3v) is 3.17. The average molecular weight is 301 g/mol. The molecule has 3 nitrogen and oxygen atoms in total. The van der Waals surface area contributed by atoms with Gasteiger partial charge in [-0.2, -0.15) is 4.98 Å². The first-order valence-electron chi connectivity index (χ1n) is 5.48. The Bertz CT molecular complexity index is 766. The predicted octanol–water partition coefficient (Wildman–Crippen LogP) is 3.12. The molecule has 0 amide bonds. The lowest BCUT2D eigenvalue weighted by atomic mass is 10.1. The first-order valence-corrected chi connectivity index (χ1v) is 6.28. The Morgan fingerprint density at radius 3 is 2.61 bits per heavy atom. The summed E-state index contributed by atoms with van der Waals surface area (Å²) in [5.74, 6) is 0. The molecule has 0 saturated heterocycles. The second-order valence-corrected chi connectivity index (χ2v) is 4.84. The second-order valence-electron chi connectivity index (χ2n) is 3.92. The van der Waals surface area contributed by atoms with Gasteiger partial charge in [-0.25, -0.2) is 0 Å². The molecule has 88 valence electrons. The Hall–Kier alpha value is -1.94. The molecule has 18 heavy (non-hydrogen) atoms. The number of nitrogens with zero attached hydrogens (tertiary/aromatic N) is 2. The Balaban J connectivity index is 2.41. The van der Waals surface area contributed by atoms with E-state index in [9.17, 15) is 4.79 Å². The Kier molecular flexibility index (Phi) is 2.72. The summed E-state index contributed by atoms with van der Waals surface area (Å²) < 4.78 is 2.85. The zero-order chi connectivity index (χ0) is 12.5. The monoisotopic (exact) mass is 300 g/mol. The average Bonchev–Trinajstić information content (AvgIpc) is 2.39. The molecule has 0 aliphatic rings. The molecule has 3 aromatic rings. The van der Waals surface area contributed by atoms with Crippen LogP contribution in [0.15, 0.2) is 64.0 Å². The van der Waals surface area contributed by atoms with Crippen LogP contribution in [-0.2, 0) is 0 Å². The lowest BCUT2D eigenvalue weighted by Crippen LogP contribution is -2.09. The van der Waals surface area contributed by atoms with Crippen LogP contribution >= 0.6 is 15.9 Å². The number of hydrogen-bond acceptors (Lipinski definition) is 2. The van der Waals surface area contributed by atoms with Crippen molar-refractivity contribution in [2.45, 2.75) is 0 Å². The molecule has 0 fully saturated rings. The van der Waals surface area contributed by atoms with Crippen molar-refractivity contribution in [3.05, 3.63) is 69.6 Å². The van der Waals surface area contributed by atoms with Crippen molar-refractivity contribution in [3.8, 4) is 11.3 Å². The number of rotatable bonds is 1. The zero-order valence-electron chi connectivity index (χ0n) is 9.38. The number of halogens is 1. The van der Waals surface area contributed by atoms with E-state index in [1.54, 1.807) is 6.07 Å². The molecule has 4 heteroatoms. The van der Waals surface area contributed by atoms with E-state index in [0.717, 1.165) is 15.7 Å². The van der Waals surface area contributed by atoms with Crippen molar-refractivity contribution in [1.82, 2.24) is 9.38 Å². The smallest absolute Gasteiger partial charge is 0.273 e. The molecule has 2 aromatic heterocycles. The SMILES string of the molecule is O=c1cc(-c2ccccc2)n2cc(Br)ccc2n1. The van der Waals surface area contributed by atoms with Gasteiger partial charge in [0.1, 0.15) is 5.65 Å². The molecular formula is C14H9BrN2O. The molecule has 0 spiro atoms. The maximum absolute atomic E-state index is 11.6. The minimum absolute atomic E-state index is 0.226. The molecule has 0 saturated carbocycles. The van der Waals surface area contributed by atoms with E-state index in [-0.39, 0.29) is 5.56 Å². The molecule has 0 aliphatic heterocycles. The lowest BCUT2D eigenvalue weighted by Gasteiger charge is -2.08. The summed E-state index contributed by atoms with van der Waals surface area (Å²) in [7, 11) is 0. The first-order chi connectivity index (χ1) is 8.74. The number of pyridine rings is 1. The highest BCUT2D eigenvalue weighted by Gasteiger charge is 2.05. The van der Waals surface area contributed by atoms with Gasteiger partial charge in [0.25, 0.3) is 5.56 Å². The van der Waals surface area contributed by atoms with Crippen molar-refractivity contribution in [3.63, 3.8) is 0 Å². The molecule has 0 atom stereocenters. The van der Waals surface area contributed by atoms with Crippen molar-refractivity contribution < 1.29 is 0 Å². The second kappa shape index (κ2) is 4.38. The van der Waals surface area contributed by atoms with Gasteiger partial charge < -0.3 is 0 Å². The fourth-order valence-corrected chi connectivity index (χ4v) is 2.25. The van der Waals surface area contributed by atoms with Gasteiger partial charge in [-0.05, 0) is 33.6 Å². The summed E-state index contributed by atoms with van der Waals surface area (Å²) in [4.78, 5) is 15.6. The van der Waals surface area contributed by atoms with Crippen molar-refractivity contribution >= 4 is 21.6 Å². The van der Waals surface area contributed by atoms with E-state index < -0.39 is 0 Å². The van der Waals surface area contributed by atoms with Crippen LogP contribution in [0.25, 0.3) is 16.9 Å². The van der Waals surface area contributed by atoms with Crippen molar-refractivity contribution in [1.29, 1.82) is 0 Å². The van der Waals surface area contributed by atoms with Gasteiger partial charge in [-0.15, -0.1) is 0 Å². The molecule has 0 radical (unpaired) electrons. The molecule has 1 aromatic carbocycles. The molecule has 0 N–H and O–H groups in total. The van der Waals surface area contributed by atoms with E-state index in [2.05, 4.69) is 20.9 Å².